The lowest BCUT2D eigenvalue weighted by Gasteiger charge is -2.26. The molecule has 1 fully saturated rings. The van der Waals surface area contributed by atoms with Crippen LogP contribution in [0.25, 0.3) is 0 Å². The van der Waals surface area contributed by atoms with E-state index in [1.807, 2.05) is 0 Å². The van der Waals surface area contributed by atoms with E-state index in [9.17, 15) is 24.5 Å². The number of halogens is 2. The Hall–Kier alpha value is -2.03. The first kappa shape index (κ1) is 18.8. The fraction of sp³-hybridized carbons (Fsp3) is 0.278. The van der Waals surface area contributed by atoms with Gasteiger partial charge in [0.2, 0.25) is 0 Å². The topological polar surface area (TPSA) is 96.2 Å². The molecule has 0 radical (unpaired) electrons. The normalized spacial score (nSPS) is 26.5. The van der Waals surface area contributed by atoms with Crippen molar-refractivity contribution in [1.29, 1.82) is 0 Å². The average Bonchev–Trinajstić information content (AvgIpc) is 2.90. The van der Waals surface area contributed by atoms with Gasteiger partial charge in [-0.15, -0.1) is 0 Å². The van der Waals surface area contributed by atoms with Gasteiger partial charge >= 0.3 is 5.97 Å². The lowest BCUT2D eigenvalue weighted by atomic mass is 9.99. The first-order valence-electron chi connectivity index (χ1n) is 7.79. The zero-order valence-electron chi connectivity index (χ0n) is 13.3. The molecule has 5 atom stereocenters. The van der Waals surface area contributed by atoms with E-state index in [1.54, 1.807) is 18.2 Å². The van der Waals surface area contributed by atoms with E-state index in [1.165, 1.54) is 24.3 Å². The van der Waals surface area contributed by atoms with Gasteiger partial charge in [0.1, 0.15) is 24.1 Å². The van der Waals surface area contributed by atoms with Crippen molar-refractivity contribution >= 4 is 17.6 Å². The van der Waals surface area contributed by atoms with Crippen LogP contribution >= 0.6 is 11.6 Å². The molecule has 3 rings (SSSR count). The zero-order valence-corrected chi connectivity index (χ0v) is 14.1. The number of aliphatic hydroxyl groups is 3. The standard InChI is InChI=1S/C18H16ClFO6/c19-11-7-6-10(8-12(11)20)15(16-13(21)14(22)18(24)26-16)25-17(23)9-4-2-1-3-5-9/h1-8,13-16,18,21-22,24H/t13-,14+,15?,16-,18?/m0/s1. The third kappa shape index (κ3) is 3.72. The summed E-state index contributed by atoms with van der Waals surface area (Å²) in [5.74, 6) is -1.49. The fourth-order valence-electron chi connectivity index (χ4n) is 2.71. The molecule has 26 heavy (non-hydrogen) atoms. The minimum atomic E-state index is -1.66. The summed E-state index contributed by atoms with van der Waals surface area (Å²) in [7, 11) is 0. The monoisotopic (exact) mass is 382 g/mol. The summed E-state index contributed by atoms with van der Waals surface area (Å²) in [5, 5.41) is 29.3. The van der Waals surface area contributed by atoms with Crippen LogP contribution < -0.4 is 0 Å². The van der Waals surface area contributed by atoms with Gasteiger partial charge in [-0.3, -0.25) is 0 Å². The Bertz CT molecular complexity index is 787. The number of hydrogen-bond donors (Lipinski definition) is 3. The molecular weight excluding hydrogens is 367 g/mol. The van der Waals surface area contributed by atoms with Crippen LogP contribution in [0.5, 0.6) is 0 Å². The van der Waals surface area contributed by atoms with Crippen LogP contribution in [0.2, 0.25) is 5.02 Å². The Morgan fingerprint density at radius 2 is 1.81 bits per heavy atom. The maximum atomic E-state index is 13.9. The van der Waals surface area contributed by atoms with E-state index in [0.29, 0.717) is 0 Å². The molecular formula is C18H16ClFO6. The van der Waals surface area contributed by atoms with Crippen molar-refractivity contribution in [3.8, 4) is 0 Å². The first-order valence-corrected chi connectivity index (χ1v) is 8.17. The number of hydrogen-bond acceptors (Lipinski definition) is 6. The summed E-state index contributed by atoms with van der Waals surface area (Å²) in [5.41, 5.74) is 0.391. The molecule has 1 aliphatic heterocycles. The van der Waals surface area contributed by atoms with Crippen molar-refractivity contribution in [2.45, 2.75) is 30.7 Å². The van der Waals surface area contributed by atoms with Gasteiger partial charge < -0.3 is 24.8 Å². The van der Waals surface area contributed by atoms with Gasteiger partial charge in [0, 0.05) is 0 Å². The van der Waals surface area contributed by atoms with Crippen LogP contribution in [-0.4, -0.2) is 45.9 Å². The maximum Gasteiger partial charge on any atom is 0.338 e. The second-order valence-electron chi connectivity index (χ2n) is 5.84. The number of aliphatic hydroxyl groups excluding tert-OH is 3. The van der Waals surface area contributed by atoms with E-state index < -0.39 is 42.5 Å². The van der Waals surface area contributed by atoms with Crippen LogP contribution in [0.1, 0.15) is 22.0 Å². The fourth-order valence-corrected chi connectivity index (χ4v) is 2.82. The van der Waals surface area contributed by atoms with Crippen molar-refractivity contribution in [3.05, 3.63) is 70.5 Å². The Morgan fingerprint density at radius 1 is 1.12 bits per heavy atom. The largest absolute Gasteiger partial charge is 0.451 e. The molecule has 0 amide bonds. The Balaban J connectivity index is 1.93. The average molecular weight is 383 g/mol. The summed E-state index contributed by atoms with van der Waals surface area (Å²) in [4.78, 5) is 12.4. The van der Waals surface area contributed by atoms with E-state index in [2.05, 4.69) is 0 Å². The zero-order chi connectivity index (χ0) is 18.8. The Kier molecular flexibility index (Phi) is 5.55. The maximum absolute atomic E-state index is 13.9. The quantitative estimate of drug-likeness (QED) is 0.698. The molecule has 1 saturated heterocycles. The molecule has 2 aromatic rings. The van der Waals surface area contributed by atoms with Gasteiger partial charge in [-0.25, -0.2) is 9.18 Å². The summed E-state index contributed by atoms with van der Waals surface area (Å²) >= 11 is 5.68. The van der Waals surface area contributed by atoms with Gasteiger partial charge in [0.15, 0.2) is 12.4 Å². The first-order chi connectivity index (χ1) is 12.4. The molecule has 6 nitrogen and oxygen atoms in total. The molecule has 2 aromatic carbocycles. The van der Waals surface area contributed by atoms with E-state index in [-0.39, 0.29) is 16.1 Å². The summed E-state index contributed by atoms with van der Waals surface area (Å²) in [6, 6.07) is 11.8. The van der Waals surface area contributed by atoms with E-state index >= 15 is 0 Å². The highest BCUT2D eigenvalue weighted by Crippen LogP contribution is 2.34. The van der Waals surface area contributed by atoms with Gasteiger partial charge in [-0.1, -0.05) is 35.9 Å². The number of carbonyl (C=O) groups is 1. The molecule has 2 unspecified atom stereocenters. The predicted octanol–water partition coefficient (Wildman–Crippen LogP) is 1.82. The molecule has 138 valence electrons. The number of rotatable bonds is 4. The highest BCUT2D eigenvalue weighted by atomic mass is 35.5. The Labute approximate surface area is 153 Å². The molecule has 1 heterocycles. The molecule has 3 N–H and O–H groups in total. The highest BCUT2D eigenvalue weighted by molar-refractivity contribution is 6.30. The SMILES string of the molecule is O=C(OC(c1ccc(Cl)c(F)c1)[C@H]1OC(O)[C@H](O)[C@@H]1O)c1ccccc1. The lowest BCUT2D eigenvalue weighted by Crippen LogP contribution is -2.36. The lowest BCUT2D eigenvalue weighted by molar-refractivity contribution is -0.148. The van der Waals surface area contributed by atoms with Crippen LogP contribution in [-0.2, 0) is 9.47 Å². The summed E-state index contributed by atoms with van der Waals surface area (Å²) in [6.45, 7) is 0. The third-order valence-electron chi connectivity index (χ3n) is 4.09. The van der Waals surface area contributed by atoms with E-state index in [4.69, 9.17) is 21.1 Å². The van der Waals surface area contributed by atoms with Gasteiger partial charge in [0.05, 0.1) is 10.6 Å². The highest BCUT2D eigenvalue weighted by Gasteiger charge is 2.47. The van der Waals surface area contributed by atoms with Crippen molar-refractivity contribution < 1.29 is 34.0 Å². The molecule has 1 aliphatic rings. The molecule has 0 spiro atoms. The molecule has 8 heteroatoms. The summed E-state index contributed by atoms with van der Waals surface area (Å²) < 4.78 is 24.4. The van der Waals surface area contributed by atoms with E-state index in [0.717, 1.165) is 6.07 Å². The third-order valence-corrected chi connectivity index (χ3v) is 4.40. The number of benzene rings is 2. The molecule has 0 saturated carbocycles. The van der Waals surface area contributed by atoms with Crippen molar-refractivity contribution in [2.24, 2.45) is 0 Å². The van der Waals surface area contributed by atoms with Crippen molar-refractivity contribution in [3.63, 3.8) is 0 Å². The van der Waals surface area contributed by atoms with Crippen molar-refractivity contribution in [2.75, 3.05) is 0 Å². The van der Waals surface area contributed by atoms with Crippen LogP contribution in [0.15, 0.2) is 48.5 Å². The second-order valence-corrected chi connectivity index (χ2v) is 6.25. The van der Waals surface area contributed by atoms with Gasteiger partial charge in [-0.2, -0.15) is 0 Å². The number of esters is 1. The van der Waals surface area contributed by atoms with Crippen LogP contribution in [0, 0.1) is 5.82 Å². The van der Waals surface area contributed by atoms with Gasteiger partial charge in [0.25, 0.3) is 0 Å². The van der Waals surface area contributed by atoms with Crippen LogP contribution in [0.3, 0.4) is 0 Å². The summed E-state index contributed by atoms with van der Waals surface area (Å²) in [6.07, 6.45) is -7.37. The van der Waals surface area contributed by atoms with Gasteiger partial charge in [-0.05, 0) is 29.8 Å². The Morgan fingerprint density at radius 3 is 2.38 bits per heavy atom. The minimum Gasteiger partial charge on any atom is -0.451 e. The number of carbonyl (C=O) groups excluding carboxylic acids is 1. The molecule has 0 bridgehead atoms. The molecule has 0 aliphatic carbocycles. The second kappa shape index (κ2) is 7.69. The van der Waals surface area contributed by atoms with Crippen LogP contribution in [0.4, 0.5) is 4.39 Å². The minimum absolute atomic E-state index is 0.130. The smallest absolute Gasteiger partial charge is 0.338 e. The number of ether oxygens (including phenoxy) is 2. The predicted molar refractivity (Wildman–Crippen MR) is 88.9 cm³/mol. The van der Waals surface area contributed by atoms with Crippen molar-refractivity contribution in [1.82, 2.24) is 0 Å². The molecule has 0 aromatic heterocycles.